The van der Waals surface area contributed by atoms with Gasteiger partial charge in [0.2, 0.25) is 10.0 Å². The molecule has 1 heterocycles. The van der Waals surface area contributed by atoms with Crippen LogP contribution in [0.2, 0.25) is 0 Å². The third-order valence-electron chi connectivity index (χ3n) is 4.26. The zero-order valence-electron chi connectivity index (χ0n) is 16.6. The van der Waals surface area contributed by atoms with E-state index in [1.54, 1.807) is 4.31 Å². The first-order valence-electron chi connectivity index (χ1n) is 9.13. The van der Waals surface area contributed by atoms with Gasteiger partial charge in [-0.3, -0.25) is 0 Å². The SMILES string of the molecule is CC.CC.CC1CCC2(C1)CN(S(C)(=O)=O)C2.CCC(C)C. The Bertz CT molecular complexity index is 357. The lowest BCUT2D eigenvalue weighted by Crippen LogP contribution is -2.56. The maximum Gasteiger partial charge on any atom is 0.211 e. The highest BCUT2D eigenvalue weighted by atomic mass is 32.2. The summed E-state index contributed by atoms with van der Waals surface area (Å²) in [5.74, 6) is 1.68. The smallest absolute Gasteiger partial charge is 0.211 e. The number of rotatable bonds is 2. The average molecular weight is 336 g/mol. The van der Waals surface area contributed by atoms with E-state index in [1.807, 2.05) is 27.7 Å². The Hall–Kier alpha value is -0.0900. The molecule has 136 valence electrons. The van der Waals surface area contributed by atoms with Crippen molar-refractivity contribution in [2.45, 2.75) is 81.1 Å². The van der Waals surface area contributed by atoms with E-state index in [0.717, 1.165) is 24.9 Å². The summed E-state index contributed by atoms with van der Waals surface area (Å²) in [4.78, 5) is 0. The lowest BCUT2D eigenvalue weighted by Gasteiger charge is -2.46. The Balaban J connectivity index is 0. The van der Waals surface area contributed by atoms with E-state index in [2.05, 4.69) is 27.7 Å². The molecular formula is C18H41NO2S. The van der Waals surface area contributed by atoms with Gasteiger partial charge in [-0.15, -0.1) is 0 Å². The van der Waals surface area contributed by atoms with Crippen molar-refractivity contribution in [1.29, 1.82) is 0 Å². The van der Waals surface area contributed by atoms with Gasteiger partial charge in [0.25, 0.3) is 0 Å². The summed E-state index contributed by atoms with van der Waals surface area (Å²) in [5.41, 5.74) is 0.364. The minimum absolute atomic E-state index is 0.364. The van der Waals surface area contributed by atoms with Gasteiger partial charge in [0, 0.05) is 13.1 Å². The van der Waals surface area contributed by atoms with Crippen molar-refractivity contribution < 1.29 is 8.42 Å². The molecule has 0 aromatic carbocycles. The maximum atomic E-state index is 11.2. The predicted octanol–water partition coefficient (Wildman–Crippen LogP) is 5.17. The van der Waals surface area contributed by atoms with Crippen LogP contribution in [-0.2, 0) is 10.0 Å². The van der Waals surface area contributed by atoms with Crippen LogP contribution in [0.5, 0.6) is 0 Å². The summed E-state index contributed by atoms with van der Waals surface area (Å²) in [6, 6.07) is 0. The van der Waals surface area contributed by atoms with Crippen LogP contribution in [0.1, 0.15) is 81.1 Å². The molecule has 1 unspecified atom stereocenters. The van der Waals surface area contributed by atoms with E-state index in [4.69, 9.17) is 0 Å². The summed E-state index contributed by atoms with van der Waals surface area (Å²) in [6.07, 6.45) is 6.33. The summed E-state index contributed by atoms with van der Waals surface area (Å²) in [5, 5.41) is 0. The molecule has 1 aliphatic heterocycles. The Morgan fingerprint density at radius 2 is 1.55 bits per heavy atom. The zero-order chi connectivity index (χ0) is 18.0. The summed E-state index contributed by atoms with van der Waals surface area (Å²) in [6.45, 7) is 18.5. The van der Waals surface area contributed by atoms with Crippen molar-refractivity contribution in [1.82, 2.24) is 4.31 Å². The maximum absolute atomic E-state index is 11.2. The third-order valence-corrected chi connectivity index (χ3v) is 5.45. The number of hydrogen-bond donors (Lipinski definition) is 0. The number of hydrogen-bond acceptors (Lipinski definition) is 2. The van der Waals surface area contributed by atoms with Crippen LogP contribution >= 0.6 is 0 Å². The van der Waals surface area contributed by atoms with Gasteiger partial charge in [-0.05, 0) is 30.1 Å². The van der Waals surface area contributed by atoms with Crippen LogP contribution in [0.15, 0.2) is 0 Å². The molecule has 2 fully saturated rings. The standard InChI is InChI=1S/C9H17NO2S.C5H12.2C2H6/c1-8-3-4-9(5-8)6-10(7-9)13(2,11)12;1-4-5(2)3;2*1-2/h8H,3-7H2,1-2H3;5H,4H2,1-3H3;2*1-2H3. The molecule has 0 N–H and O–H groups in total. The van der Waals surface area contributed by atoms with Gasteiger partial charge in [-0.25, -0.2) is 12.7 Å². The quantitative estimate of drug-likeness (QED) is 0.698. The van der Waals surface area contributed by atoms with Gasteiger partial charge in [0.1, 0.15) is 0 Å². The fourth-order valence-electron chi connectivity index (χ4n) is 2.72. The first kappa shape index (κ1) is 24.2. The zero-order valence-corrected chi connectivity index (χ0v) is 17.4. The van der Waals surface area contributed by atoms with Crippen molar-refractivity contribution in [3.05, 3.63) is 0 Å². The molecule has 2 rings (SSSR count). The number of nitrogens with zero attached hydrogens (tertiary/aromatic N) is 1. The molecule has 1 spiro atoms. The molecule has 1 aliphatic carbocycles. The molecule has 0 aromatic rings. The Labute approximate surface area is 140 Å². The summed E-state index contributed by atoms with van der Waals surface area (Å²) >= 11 is 0. The Morgan fingerprint density at radius 1 is 1.14 bits per heavy atom. The van der Waals surface area contributed by atoms with E-state index >= 15 is 0 Å². The monoisotopic (exact) mass is 335 g/mol. The van der Waals surface area contributed by atoms with E-state index < -0.39 is 10.0 Å². The van der Waals surface area contributed by atoms with Crippen molar-refractivity contribution in [3.8, 4) is 0 Å². The van der Waals surface area contributed by atoms with E-state index in [1.165, 1.54) is 31.9 Å². The minimum atomic E-state index is -2.91. The third kappa shape index (κ3) is 8.52. The average Bonchev–Trinajstić information content (AvgIpc) is 2.84. The Kier molecular flexibility index (Phi) is 12.6. The second-order valence-corrected chi connectivity index (χ2v) is 8.66. The molecular weight excluding hydrogens is 294 g/mol. The molecule has 0 bridgehead atoms. The molecule has 1 saturated heterocycles. The van der Waals surface area contributed by atoms with Crippen LogP contribution in [0.3, 0.4) is 0 Å². The van der Waals surface area contributed by atoms with Gasteiger partial charge in [-0.2, -0.15) is 0 Å². The van der Waals surface area contributed by atoms with E-state index in [9.17, 15) is 8.42 Å². The molecule has 1 saturated carbocycles. The van der Waals surface area contributed by atoms with Crippen LogP contribution in [0.4, 0.5) is 0 Å². The largest absolute Gasteiger partial charge is 0.213 e. The normalized spacial score (nSPS) is 22.5. The van der Waals surface area contributed by atoms with Crippen LogP contribution in [0.25, 0.3) is 0 Å². The van der Waals surface area contributed by atoms with Crippen LogP contribution in [0, 0.1) is 17.3 Å². The molecule has 22 heavy (non-hydrogen) atoms. The van der Waals surface area contributed by atoms with Crippen molar-refractivity contribution in [2.75, 3.05) is 19.3 Å². The Morgan fingerprint density at radius 3 is 1.77 bits per heavy atom. The van der Waals surface area contributed by atoms with Gasteiger partial charge in [-0.1, -0.05) is 68.2 Å². The molecule has 0 radical (unpaired) electrons. The second kappa shape index (κ2) is 11.4. The fourth-order valence-corrected chi connectivity index (χ4v) is 3.74. The summed E-state index contributed by atoms with van der Waals surface area (Å²) < 4.78 is 23.9. The molecule has 0 aromatic heterocycles. The van der Waals surface area contributed by atoms with Crippen LogP contribution in [-0.4, -0.2) is 32.1 Å². The molecule has 1 atom stereocenters. The van der Waals surface area contributed by atoms with Gasteiger partial charge in [0.05, 0.1) is 6.26 Å². The highest BCUT2D eigenvalue weighted by Gasteiger charge is 2.49. The highest BCUT2D eigenvalue weighted by Crippen LogP contribution is 2.48. The summed E-state index contributed by atoms with van der Waals surface area (Å²) in [7, 11) is -2.91. The topological polar surface area (TPSA) is 37.4 Å². The predicted molar refractivity (Wildman–Crippen MR) is 99.7 cm³/mol. The first-order valence-corrected chi connectivity index (χ1v) is 11.0. The van der Waals surface area contributed by atoms with Crippen molar-refractivity contribution >= 4 is 10.0 Å². The van der Waals surface area contributed by atoms with E-state index in [-0.39, 0.29) is 0 Å². The van der Waals surface area contributed by atoms with Crippen molar-refractivity contribution in [2.24, 2.45) is 17.3 Å². The first-order chi connectivity index (χ1) is 10.2. The second-order valence-electron chi connectivity index (χ2n) is 6.68. The van der Waals surface area contributed by atoms with Crippen LogP contribution < -0.4 is 0 Å². The van der Waals surface area contributed by atoms with Gasteiger partial charge < -0.3 is 0 Å². The lowest BCUT2D eigenvalue weighted by atomic mass is 9.79. The van der Waals surface area contributed by atoms with Crippen molar-refractivity contribution in [3.63, 3.8) is 0 Å². The fraction of sp³-hybridized carbons (Fsp3) is 1.00. The minimum Gasteiger partial charge on any atom is -0.213 e. The molecule has 2 aliphatic rings. The highest BCUT2D eigenvalue weighted by molar-refractivity contribution is 7.88. The molecule has 4 heteroatoms. The lowest BCUT2D eigenvalue weighted by molar-refractivity contribution is 0.0746. The van der Waals surface area contributed by atoms with E-state index in [0.29, 0.717) is 5.41 Å². The molecule has 3 nitrogen and oxygen atoms in total. The number of sulfonamides is 1. The van der Waals surface area contributed by atoms with Gasteiger partial charge in [0.15, 0.2) is 0 Å². The molecule has 0 amide bonds. The van der Waals surface area contributed by atoms with Gasteiger partial charge >= 0.3 is 0 Å².